The molecule has 0 saturated carbocycles. The van der Waals surface area contributed by atoms with Crippen LogP contribution in [-0.4, -0.2) is 16.2 Å². The van der Waals surface area contributed by atoms with Crippen LogP contribution >= 0.6 is 31.9 Å². The molecule has 1 atom stereocenters. The zero-order valence-corrected chi connectivity index (χ0v) is 10.0. The Balaban J connectivity index is 3.19. The molecule has 4 nitrogen and oxygen atoms in total. The topological polar surface area (TPSA) is 83.6 Å². The predicted molar refractivity (Wildman–Crippen MR) is 58.1 cm³/mol. The summed E-state index contributed by atoms with van der Waals surface area (Å²) >= 11 is 6.17. The average Bonchev–Trinajstić information content (AvgIpc) is 2.12. The standard InChI is InChI=1S/C8H7Br2NO3/c9-4-1-3(6(11)8(13)14)2-5(10)7(4)12/h1-2,6,12H,11H2,(H,13,14)/t6-/m0/s1. The first-order valence-electron chi connectivity index (χ1n) is 3.59. The Bertz CT molecular complexity index is 358. The van der Waals surface area contributed by atoms with Crippen LogP contribution in [0.1, 0.15) is 11.6 Å². The Kier molecular flexibility index (Phi) is 3.52. The molecule has 0 fully saturated rings. The normalized spacial score (nSPS) is 12.5. The molecule has 0 heterocycles. The summed E-state index contributed by atoms with van der Waals surface area (Å²) < 4.78 is 0.803. The van der Waals surface area contributed by atoms with E-state index in [2.05, 4.69) is 31.9 Å². The zero-order valence-electron chi connectivity index (χ0n) is 6.87. The second kappa shape index (κ2) is 4.29. The Hall–Kier alpha value is -0.590. The van der Waals surface area contributed by atoms with Crippen molar-refractivity contribution in [2.75, 3.05) is 0 Å². The van der Waals surface area contributed by atoms with E-state index < -0.39 is 12.0 Å². The number of hydrogen-bond donors (Lipinski definition) is 3. The summed E-state index contributed by atoms with van der Waals surface area (Å²) in [5.74, 6) is -1.10. The Labute approximate surface area is 97.0 Å². The van der Waals surface area contributed by atoms with Gasteiger partial charge < -0.3 is 15.9 Å². The van der Waals surface area contributed by atoms with Gasteiger partial charge in [-0.3, -0.25) is 4.79 Å². The van der Waals surface area contributed by atoms with Crippen LogP contribution in [0.2, 0.25) is 0 Å². The molecule has 14 heavy (non-hydrogen) atoms. The van der Waals surface area contributed by atoms with Crippen LogP contribution < -0.4 is 5.73 Å². The van der Waals surface area contributed by atoms with Gasteiger partial charge in [0.15, 0.2) is 0 Å². The third-order valence-corrected chi connectivity index (χ3v) is 2.87. The average molecular weight is 325 g/mol. The van der Waals surface area contributed by atoms with E-state index in [0.717, 1.165) is 0 Å². The van der Waals surface area contributed by atoms with Crippen molar-refractivity contribution in [3.05, 3.63) is 26.6 Å². The molecular weight excluding hydrogens is 318 g/mol. The van der Waals surface area contributed by atoms with Crippen molar-refractivity contribution >= 4 is 37.8 Å². The molecule has 1 rings (SSSR count). The van der Waals surface area contributed by atoms with E-state index in [1.54, 1.807) is 0 Å². The molecule has 0 unspecified atom stereocenters. The first-order chi connectivity index (χ1) is 6.43. The van der Waals surface area contributed by atoms with Crippen LogP contribution in [0.3, 0.4) is 0 Å². The molecule has 0 saturated heterocycles. The number of halogens is 2. The van der Waals surface area contributed by atoms with Crippen molar-refractivity contribution in [2.45, 2.75) is 6.04 Å². The molecule has 0 radical (unpaired) electrons. The van der Waals surface area contributed by atoms with Crippen LogP contribution in [-0.2, 0) is 4.79 Å². The molecule has 0 spiro atoms. The lowest BCUT2D eigenvalue weighted by Crippen LogP contribution is -2.20. The Morgan fingerprint density at radius 1 is 1.36 bits per heavy atom. The summed E-state index contributed by atoms with van der Waals surface area (Å²) in [6.45, 7) is 0. The van der Waals surface area contributed by atoms with Gasteiger partial charge in [0.05, 0.1) is 8.95 Å². The molecule has 76 valence electrons. The summed E-state index contributed by atoms with van der Waals surface area (Å²) in [4.78, 5) is 10.6. The van der Waals surface area contributed by atoms with E-state index in [9.17, 15) is 9.90 Å². The highest BCUT2D eigenvalue weighted by Crippen LogP contribution is 2.34. The number of benzene rings is 1. The van der Waals surface area contributed by atoms with Crippen molar-refractivity contribution in [3.8, 4) is 5.75 Å². The van der Waals surface area contributed by atoms with E-state index in [4.69, 9.17) is 10.8 Å². The van der Waals surface area contributed by atoms with Crippen LogP contribution in [0.15, 0.2) is 21.1 Å². The first kappa shape index (κ1) is 11.5. The number of aliphatic carboxylic acids is 1. The number of hydrogen-bond acceptors (Lipinski definition) is 3. The monoisotopic (exact) mass is 323 g/mol. The molecule has 0 aliphatic carbocycles. The third kappa shape index (κ3) is 2.26. The number of carbonyl (C=O) groups is 1. The molecule has 1 aromatic carbocycles. The quantitative estimate of drug-likeness (QED) is 0.777. The minimum atomic E-state index is -1.12. The zero-order chi connectivity index (χ0) is 10.9. The van der Waals surface area contributed by atoms with Crippen molar-refractivity contribution in [3.63, 3.8) is 0 Å². The largest absolute Gasteiger partial charge is 0.506 e. The molecule has 0 aliphatic rings. The number of aromatic hydroxyl groups is 1. The van der Waals surface area contributed by atoms with Crippen LogP contribution in [0.25, 0.3) is 0 Å². The number of rotatable bonds is 2. The molecule has 6 heteroatoms. The second-order valence-electron chi connectivity index (χ2n) is 2.65. The predicted octanol–water partition coefficient (Wildman–Crippen LogP) is 2.00. The van der Waals surface area contributed by atoms with E-state index in [0.29, 0.717) is 14.5 Å². The minimum Gasteiger partial charge on any atom is -0.506 e. The van der Waals surface area contributed by atoms with Crippen molar-refractivity contribution in [1.29, 1.82) is 0 Å². The van der Waals surface area contributed by atoms with Gasteiger partial charge in [0.25, 0.3) is 0 Å². The van der Waals surface area contributed by atoms with Gasteiger partial charge in [0, 0.05) is 0 Å². The SMILES string of the molecule is N[C@H](C(=O)O)c1cc(Br)c(O)c(Br)c1. The summed E-state index contributed by atoms with van der Waals surface area (Å²) in [5.41, 5.74) is 5.81. The number of carboxylic acid groups (broad SMARTS) is 1. The minimum absolute atomic E-state index is 0.0198. The van der Waals surface area contributed by atoms with Gasteiger partial charge in [-0.15, -0.1) is 0 Å². The maximum absolute atomic E-state index is 10.6. The molecule has 0 aliphatic heterocycles. The Morgan fingerprint density at radius 2 is 1.79 bits per heavy atom. The van der Waals surface area contributed by atoms with E-state index in [1.807, 2.05) is 0 Å². The fraction of sp³-hybridized carbons (Fsp3) is 0.125. The van der Waals surface area contributed by atoms with Crippen molar-refractivity contribution in [1.82, 2.24) is 0 Å². The van der Waals surface area contributed by atoms with Crippen LogP contribution in [0.5, 0.6) is 5.75 Å². The summed E-state index contributed by atoms with van der Waals surface area (Å²) in [5, 5.41) is 18.0. The third-order valence-electron chi connectivity index (χ3n) is 1.66. The van der Waals surface area contributed by atoms with Gasteiger partial charge in [-0.2, -0.15) is 0 Å². The summed E-state index contributed by atoms with van der Waals surface area (Å²) in [6, 6.07) is 1.85. The number of carboxylic acids is 1. The first-order valence-corrected chi connectivity index (χ1v) is 5.18. The lowest BCUT2D eigenvalue weighted by Gasteiger charge is -2.09. The molecular formula is C8H7Br2NO3. The molecule has 0 bridgehead atoms. The van der Waals surface area contributed by atoms with Crippen molar-refractivity contribution in [2.24, 2.45) is 5.73 Å². The maximum atomic E-state index is 10.6. The van der Waals surface area contributed by atoms with Gasteiger partial charge in [0.2, 0.25) is 0 Å². The Morgan fingerprint density at radius 3 is 2.14 bits per heavy atom. The lowest BCUT2D eigenvalue weighted by atomic mass is 10.1. The summed E-state index contributed by atoms with van der Waals surface area (Å²) in [6.07, 6.45) is 0. The lowest BCUT2D eigenvalue weighted by molar-refractivity contribution is -0.138. The number of phenols is 1. The van der Waals surface area contributed by atoms with E-state index in [-0.39, 0.29) is 5.75 Å². The van der Waals surface area contributed by atoms with Crippen LogP contribution in [0.4, 0.5) is 0 Å². The molecule has 0 amide bonds. The van der Waals surface area contributed by atoms with Gasteiger partial charge in [-0.25, -0.2) is 0 Å². The highest BCUT2D eigenvalue weighted by atomic mass is 79.9. The van der Waals surface area contributed by atoms with E-state index in [1.165, 1.54) is 12.1 Å². The van der Waals surface area contributed by atoms with E-state index >= 15 is 0 Å². The molecule has 4 N–H and O–H groups in total. The van der Waals surface area contributed by atoms with Gasteiger partial charge in [0.1, 0.15) is 11.8 Å². The second-order valence-corrected chi connectivity index (χ2v) is 4.36. The maximum Gasteiger partial charge on any atom is 0.325 e. The molecule has 1 aromatic rings. The highest BCUT2D eigenvalue weighted by molar-refractivity contribution is 9.11. The fourth-order valence-corrected chi connectivity index (χ4v) is 2.13. The fourth-order valence-electron chi connectivity index (χ4n) is 0.907. The number of phenolic OH excluding ortho intramolecular Hbond substituents is 1. The number of nitrogens with two attached hydrogens (primary N) is 1. The van der Waals surface area contributed by atoms with Gasteiger partial charge >= 0.3 is 5.97 Å². The molecule has 0 aromatic heterocycles. The van der Waals surface area contributed by atoms with Gasteiger partial charge in [-0.1, -0.05) is 0 Å². The highest BCUT2D eigenvalue weighted by Gasteiger charge is 2.17. The van der Waals surface area contributed by atoms with Crippen molar-refractivity contribution < 1.29 is 15.0 Å². The van der Waals surface area contributed by atoms with Crippen LogP contribution in [0, 0.1) is 0 Å². The smallest absolute Gasteiger partial charge is 0.325 e. The van der Waals surface area contributed by atoms with Gasteiger partial charge in [-0.05, 0) is 49.6 Å². The summed E-state index contributed by atoms with van der Waals surface area (Å²) in [7, 11) is 0.